The van der Waals surface area contributed by atoms with E-state index in [2.05, 4.69) is 25.2 Å². The van der Waals surface area contributed by atoms with E-state index in [4.69, 9.17) is 0 Å². The Balaban J connectivity index is 1.54. The summed E-state index contributed by atoms with van der Waals surface area (Å²) in [5.41, 5.74) is 0.306. The van der Waals surface area contributed by atoms with Crippen molar-refractivity contribution < 1.29 is 13.2 Å². The monoisotopic (exact) mass is 418 g/mol. The average molecular weight is 419 g/mol. The third-order valence-corrected chi connectivity index (χ3v) is 7.82. The van der Waals surface area contributed by atoms with E-state index in [0.29, 0.717) is 37.0 Å². The van der Waals surface area contributed by atoms with Gasteiger partial charge in [0.05, 0.1) is 17.5 Å². The molecule has 2 fully saturated rings. The van der Waals surface area contributed by atoms with Crippen LogP contribution in [0.25, 0.3) is 0 Å². The SMILES string of the molecule is CC(C)c1ccc(S(=O)(=O)N2CCN(CC(=O)N[C@@](C)(C#N)C3CC3)CC2)cc1. The second-order valence-electron chi connectivity index (χ2n) is 8.54. The Morgan fingerprint density at radius 2 is 1.79 bits per heavy atom. The van der Waals surface area contributed by atoms with Gasteiger partial charge in [-0.05, 0) is 49.3 Å². The lowest BCUT2D eigenvalue weighted by atomic mass is 9.98. The summed E-state index contributed by atoms with van der Waals surface area (Å²) in [6, 6.07) is 9.30. The van der Waals surface area contributed by atoms with Gasteiger partial charge >= 0.3 is 0 Å². The predicted octanol–water partition coefficient (Wildman–Crippen LogP) is 1.92. The largest absolute Gasteiger partial charge is 0.337 e. The molecular weight excluding hydrogens is 388 g/mol. The molecule has 1 saturated heterocycles. The van der Waals surface area contributed by atoms with E-state index in [-0.39, 0.29) is 18.4 Å². The number of rotatable bonds is 7. The highest BCUT2D eigenvalue weighted by atomic mass is 32.2. The van der Waals surface area contributed by atoms with Crippen molar-refractivity contribution in [2.24, 2.45) is 5.92 Å². The Kier molecular flexibility index (Phi) is 6.32. The van der Waals surface area contributed by atoms with Crippen LogP contribution in [0, 0.1) is 17.2 Å². The normalized spacial score (nSPS) is 20.8. The van der Waals surface area contributed by atoms with Crippen LogP contribution < -0.4 is 5.32 Å². The smallest absolute Gasteiger partial charge is 0.243 e. The van der Waals surface area contributed by atoms with Crippen LogP contribution in [0.5, 0.6) is 0 Å². The molecule has 2 aliphatic rings. The molecule has 1 aliphatic carbocycles. The summed E-state index contributed by atoms with van der Waals surface area (Å²) in [5, 5.41) is 12.2. The molecule has 29 heavy (non-hydrogen) atoms. The highest BCUT2D eigenvalue weighted by Gasteiger charge is 2.43. The van der Waals surface area contributed by atoms with Crippen molar-refractivity contribution in [3.63, 3.8) is 0 Å². The third-order valence-electron chi connectivity index (χ3n) is 5.91. The van der Waals surface area contributed by atoms with E-state index in [1.807, 2.05) is 17.0 Å². The van der Waals surface area contributed by atoms with Crippen LogP contribution in [0.15, 0.2) is 29.2 Å². The molecule has 1 atom stereocenters. The quantitative estimate of drug-likeness (QED) is 0.730. The highest BCUT2D eigenvalue weighted by Crippen LogP contribution is 2.39. The summed E-state index contributed by atoms with van der Waals surface area (Å²) in [6.07, 6.45) is 1.94. The van der Waals surface area contributed by atoms with Crippen molar-refractivity contribution >= 4 is 15.9 Å². The van der Waals surface area contributed by atoms with Crippen LogP contribution >= 0.6 is 0 Å². The standard InChI is InChI=1S/C21H30N4O3S/c1-16(2)17-4-8-19(9-5-17)29(27,28)25-12-10-24(11-13-25)14-20(26)23-21(3,15-22)18-6-7-18/h4-5,8-9,16,18H,6-7,10-14H2,1-3H3,(H,23,26)/t21-/m0/s1. The highest BCUT2D eigenvalue weighted by molar-refractivity contribution is 7.89. The van der Waals surface area contributed by atoms with Gasteiger partial charge in [0.2, 0.25) is 15.9 Å². The first-order valence-corrected chi connectivity index (χ1v) is 11.6. The van der Waals surface area contributed by atoms with Crippen molar-refractivity contribution in [1.29, 1.82) is 5.26 Å². The van der Waals surface area contributed by atoms with E-state index in [9.17, 15) is 18.5 Å². The zero-order valence-corrected chi connectivity index (χ0v) is 18.2. The van der Waals surface area contributed by atoms with Crippen LogP contribution in [-0.4, -0.2) is 61.8 Å². The maximum absolute atomic E-state index is 12.9. The lowest BCUT2D eigenvalue weighted by molar-refractivity contribution is -0.123. The van der Waals surface area contributed by atoms with E-state index < -0.39 is 15.6 Å². The van der Waals surface area contributed by atoms with Crippen molar-refractivity contribution in [2.45, 2.75) is 50.0 Å². The first-order chi connectivity index (χ1) is 13.7. The number of nitriles is 1. The minimum absolute atomic E-state index is 0.179. The number of benzene rings is 1. The molecule has 1 aromatic carbocycles. The molecule has 1 aliphatic heterocycles. The summed E-state index contributed by atoms with van der Waals surface area (Å²) in [4.78, 5) is 14.6. The minimum Gasteiger partial charge on any atom is -0.337 e. The summed E-state index contributed by atoms with van der Waals surface area (Å²) >= 11 is 0. The fourth-order valence-electron chi connectivity index (χ4n) is 3.72. The van der Waals surface area contributed by atoms with Gasteiger partial charge in [0, 0.05) is 26.2 Å². The molecule has 158 valence electrons. The van der Waals surface area contributed by atoms with Crippen LogP contribution in [0.1, 0.15) is 45.1 Å². The number of amides is 1. The maximum atomic E-state index is 12.9. The lowest BCUT2D eigenvalue weighted by Crippen LogP contribution is -2.54. The van der Waals surface area contributed by atoms with Crippen LogP contribution in [-0.2, 0) is 14.8 Å². The second kappa shape index (κ2) is 8.42. The summed E-state index contributed by atoms with van der Waals surface area (Å²) in [7, 11) is -3.53. The molecule has 8 heteroatoms. The molecule has 0 radical (unpaired) electrons. The van der Waals surface area contributed by atoms with Crippen molar-refractivity contribution in [3.8, 4) is 6.07 Å². The summed E-state index contributed by atoms with van der Waals surface area (Å²) in [5.74, 6) is 0.409. The van der Waals surface area contributed by atoms with Crippen LogP contribution in [0.2, 0.25) is 0 Å². The van der Waals surface area contributed by atoms with Crippen molar-refractivity contribution in [3.05, 3.63) is 29.8 Å². The van der Waals surface area contributed by atoms with Crippen LogP contribution in [0.3, 0.4) is 0 Å². The van der Waals surface area contributed by atoms with Gasteiger partial charge in [-0.3, -0.25) is 9.69 Å². The molecule has 1 saturated carbocycles. The molecule has 1 N–H and O–H groups in total. The van der Waals surface area contributed by atoms with E-state index >= 15 is 0 Å². The van der Waals surface area contributed by atoms with Crippen molar-refractivity contribution in [2.75, 3.05) is 32.7 Å². The maximum Gasteiger partial charge on any atom is 0.243 e. The second-order valence-corrected chi connectivity index (χ2v) is 10.5. The fourth-order valence-corrected chi connectivity index (χ4v) is 5.14. The van der Waals surface area contributed by atoms with Gasteiger partial charge in [0.1, 0.15) is 5.54 Å². The molecule has 0 bridgehead atoms. The third kappa shape index (κ3) is 4.97. The molecule has 0 aromatic heterocycles. The predicted molar refractivity (Wildman–Crippen MR) is 111 cm³/mol. The molecule has 7 nitrogen and oxygen atoms in total. The molecule has 0 unspecified atom stereocenters. The zero-order chi connectivity index (χ0) is 21.2. The van der Waals surface area contributed by atoms with Gasteiger partial charge in [0.25, 0.3) is 0 Å². The van der Waals surface area contributed by atoms with Gasteiger partial charge in [-0.15, -0.1) is 0 Å². The summed E-state index contributed by atoms with van der Waals surface area (Å²) in [6.45, 7) is 7.77. The first kappa shape index (κ1) is 21.8. The van der Waals surface area contributed by atoms with Gasteiger partial charge < -0.3 is 5.32 Å². The average Bonchev–Trinajstić information content (AvgIpc) is 3.54. The number of hydrogen-bond acceptors (Lipinski definition) is 5. The number of carbonyl (C=O) groups excluding carboxylic acids is 1. The molecule has 1 amide bonds. The Morgan fingerprint density at radius 3 is 2.28 bits per heavy atom. The Hall–Kier alpha value is -1.95. The Morgan fingerprint density at radius 1 is 1.21 bits per heavy atom. The summed E-state index contributed by atoms with van der Waals surface area (Å²) < 4.78 is 27.3. The number of carbonyl (C=O) groups is 1. The molecule has 3 rings (SSSR count). The topological polar surface area (TPSA) is 93.5 Å². The Bertz CT molecular complexity index is 879. The minimum atomic E-state index is -3.53. The van der Waals surface area contributed by atoms with Gasteiger partial charge in [-0.25, -0.2) is 8.42 Å². The number of hydrogen-bond donors (Lipinski definition) is 1. The van der Waals surface area contributed by atoms with Crippen LogP contribution in [0.4, 0.5) is 0 Å². The number of piperazine rings is 1. The lowest BCUT2D eigenvalue weighted by Gasteiger charge is -2.34. The first-order valence-electron chi connectivity index (χ1n) is 10.2. The number of nitrogens with zero attached hydrogens (tertiary/aromatic N) is 3. The molecule has 1 heterocycles. The van der Waals surface area contributed by atoms with Crippen molar-refractivity contribution in [1.82, 2.24) is 14.5 Å². The molecular formula is C21H30N4O3S. The number of sulfonamides is 1. The van der Waals surface area contributed by atoms with E-state index in [1.165, 1.54) is 4.31 Å². The van der Waals surface area contributed by atoms with E-state index in [1.54, 1.807) is 19.1 Å². The number of nitrogens with one attached hydrogen (secondary N) is 1. The van der Waals surface area contributed by atoms with Gasteiger partial charge in [-0.1, -0.05) is 26.0 Å². The zero-order valence-electron chi connectivity index (χ0n) is 17.4. The van der Waals surface area contributed by atoms with E-state index in [0.717, 1.165) is 18.4 Å². The van der Waals surface area contributed by atoms with Gasteiger partial charge in [0.15, 0.2) is 0 Å². The van der Waals surface area contributed by atoms with Gasteiger partial charge in [-0.2, -0.15) is 9.57 Å². The molecule has 0 spiro atoms. The fraction of sp³-hybridized carbons (Fsp3) is 0.619. The molecule has 1 aromatic rings. The Labute approximate surface area is 173 Å².